The molecule has 0 N–H and O–H groups in total. The van der Waals surface area contributed by atoms with E-state index in [0.29, 0.717) is 30.3 Å². The van der Waals surface area contributed by atoms with E-state index >= 15 is 0 Å². The Balaban J connectivity index is 0.000000427. The average Bonchev–Trinajstić information content (AvgIpc) is 3.10. The number of nitrogens with zero attached hydrogens (tertiary/aromatic N) is 2. The van der Waals surface area contributed by atoms with Crippen molar-refractivity contribution in [2.45, 2.75) is 78.3 Å². The van der Waals surface area contributed by atoms with Crippen molar-refractivity contribution in [3.63, 3.8) is 0 Å². The van der Waals surface area contributed by atoms with Crippen LogP contribution in [0.3, 0.4) is 0 Å². The van der Waals surface area contributed by atoms with Crippen LogP contribution in [0.15, 0.2) is 54.7 Å². The Kier molecular flexibility index (Phi) is 10.0. The lowest BCUT2D eigenvalue weighted by molar-refractivity contribution is -0.128. The van der Waals surface area contributed by atoms with Crippen LogP contribution in [0.2, 0.25) is 0 Å². The predicted molar refractivity (Wildman–Crippen MR) is 155 cm³/mol. The highest BCUT2D eigenvalue weighted by Crippen LogP contribution is 2.40. The maximum Gasteiger partial charge on any atom is 0.271 e. The van der Waals surface area contributed by atoms with Crippen molar-refractivity contribution < 1.29 is 19.1 Å². The van der Waals surface area contributed by atoms with Gasteiger partial charge in [0.15, 0.2) is 5.78 Å². The van der Waals surface area contributed by atoms with Crippen LogP contribution < -0.4 is 9.47 Å². The van der Waals surface area contributed by atoms with E-state index in [4.69, 9.17) is 9.47 Å². The quantitative estimate of drug-likeness (QED) is 0.288. The van der Waals surface area contributed by atoms with Crippen molar-refractivity contribution in [2.24, 2.45) is 5.92 Å². The molecule has 2 aliphatic rings. The van der Waals surface area contributed by atoms with Crippen molar-refractivity contribution in [3.05, 3.63) is 60.3 Å². The fraction of sp³-hybridized carbons (Fsp3) is 0.500. The topological polar surface area (TPSA) is 60.8 Å². The number of carbonyl (C=O) groups is 2. The number of methoxy groups -OCH3 is 2. The predicted octanol–water partition coefficient (Wildman–Crippen LogP) is 7.13. The zero-order valence-electron chi connectivity index (χ0n) is 24.0. The van der Waals surface area contributed by atoms with Gasteiger partial charge in [0.2, 0.25) is 0 Å². The van der Waals surface area contributed by atoms with Gasteiger partial charge < -0.3 is 18.9 Å². The molecule has 206 valence electrons. The number of benzene rings is 1. The fourth-order valence-electron chi connectivity index (χ4n) is 5.39. The number of hydrogen-bond donors (Lipinski definition) is 0. The molecule has 0 spiro atoms. The Morgan fingerprint density at radius 3 is 2.29 bits per heavy atom. The highest BCUT2D eigenvalue weighted by atomic mass is 16.5. The van der Waals surface area contributed by atoms with Gasteiger partial charge in [0.05, 0.1) is 26.3 Å². The van der Waals surface area contributed by atoms with Crippen LogP contribution in [-0.4, -0.2) is 47.5 Å². The number of amides is 1. The van der Waals surface area contributed by atoms with Crippen molar-refractivity contribution in [1.82, 2.24) is 9.47 Å². The van der Waals surface area contributed by atoms with Crippen LogP contribution in [0.4, 0.5) is 0 Å². The SMILES string of the molecule is C=C/C=C\C=C(/C)CN1C(=O)c2cc3c(OC)ccc(OC)c3n2CC1(C)C(C)=O.CC1CCCCCC1. The van der Waals surface area contributed by atoms with E-state index in [1.54, 1.807) is 25.2 Å². The van der Waals surface area contributed by atoms with Crippen LogP contribution >= 0.6 is 0 Å². The molecule has 6 heteroatoms. The Hall–Kier alpha value is -3.28. The van der Waals surface area contributed by atoms with Gasteiger partial charge in [-0.25, -0.2) is 0 Å². The monoisotopic (exact) mass is 520 g/mol. The zero-order valence-corrected chi connectivity index (χ0v) is 24.0. The highest BCUT2D eigenvalue weighted by Gasteiger charge is 2.46. The first kappa shape index (κ1) is 29.3. The summed E-state index contributed by atoms with van der Waals surface area (Å²) in [7, 11) is 3.18. The van der Waals surface area contributed by atoms with E-state index in [1.165, 1.54) is 45.4 Å². The summed E-state index contributed by atoms with van der Waals surface area (Å²) < 4.78 is 12.9. The van der Waals surface area contributed by atoms with E-state index in [9.17, 15) is 9.59 Å². The van der Waals surface area contributed by atoms with Gasteiger partial charge in [0.25, 0.3) is 5.91 Å². The summed E-state index contributed by atoms with van der Waals surface area (Å²) in [5, 5.41) is 0.786. The number of aromatic nitrogens is 1. The first-order valence-electron chi connectivity index (χ1n) is 13.7. The standard InChI is InChI=1S/C24H28N2O4.C8H16/c1-7-8-9-10-16(2)14-26-23(28)19-13-18-20(29-5)11-12-21(30-6)22(18)25(19)15-24(26,4)17(3)27;1-8-6-4-2-3-5-7-8/h7-13H,1,14-15H2,2-6H3;8H,2-7H2,1H3/b9-8-,16-10+;. The summed E-state index contributed by atoms with van der Waals surface area (Å²) >= 11 is 0. The minimum absolute atomic E-state index is 0.0698. The Morgan fingerprint density at radius 2 is 1.71 bits per heavy atom. The van der Waals surface area contributed by atoms with Crippen LogP contribution in [0.25, 0.3) is 10.9 Å². The molecule has 2 heterocycles. The minimum Gasteiger partial charge on any atom is -0.496 e. The van der Waals surface area contributed by atoms with Crippen LogP contribution in [0.5, 0.6) is 11.5 Å². The summed E-state index contributed by atoms with van der Waals surface area (Å²) in [6.45, 7) is 12.0. The Labute approximate surface area is 228 Å². The largest absolute Gasteiger partial charge is 0.496 e. The lowest BCUT2D eigenvalue weighted by Crippen LogP contribution is -2.60. The van der Waals surface area contributed by atoms with Gasteiger partial charge in [-0.15, -0.1) is 0 Å². The molecule has 1 aromatic heterocycles. The maximum atomic E-state index is 13.6. The number of ether oxygens (including phenoxy) is 2. The van der Waals surface area contributed by atoms with E-state index in [0.717, 1.165) is 22.4 Å². The second-order valence-corrected chi connectivity index (χ2v) is 10.8. The fourth-order valence-corrected chi connectivity index (χ4v) is 5.39. The van der Waals surface area contributed by atoms with Crippen molar-refractivity contribution in [1.29, 1.82) is 0 Å². The van der Waals surface area contributed by atoms with Crippen molar-refractivity contribution in [3.8, 4) is 11.5 Å². The molecule has 0 saturated heterocycles. The minimum atomic E-state index is -0.985. The summed E-state index contributed by atoms with van der Waals surface area (Å²) in [6, 6.07) is 5.45. The first-order chi connectivity index (χ1) is 18.2. The average molecular weight is 521 g/mol. The van der Waals surface area contributed by atoms with E-state index < -0.39 is 5.54 Å². The van der Waals surface area contributed by atoms with Crippen molar-refractivity contribution >= 4 is 22.6 Å². The summed E-state index contributed by atoms with van der Waals surface area (Å²) in [5.74, 6) is 2.05. The van der Waals surface area contributed by atoms with E-state index in [1.807, 2.05) is 54.8 Å². The molecule has 38 heavy (non-hydrogen) atoms. The molecular formula is C32H44N2O4. The zero-order chi connectivity index (χ0) is 27.9. The smallest absolute Gasteiger partial charge is 0.271 e. The van der Waals surface area contributed by atoms with E-state index in [2.05, 4.69) is 13.5 Å². The van der Waals surface area contributed by atoms with E-state index in [-0.39, 0.29) is 11.7 Å². The third kappa shape index (κ3) is 6.23. The second kappa shape index (κ2) is 13.0. The van der Waals surface area contributed by atoms with Gasteiger partial charge in [-0.05, 0) is 44.9 Å². The Morgan fingerprint density at radius 1 is 1.08 bits per heavy atom. The van der Waals surface area contributed by atoms with Gasteiger partial charge in [-0.2, -0.15) is 0 Å². The van der Waals surface area contributed by atoms with Gasteiger partial charge in [0, 0.05) is 11.9 Å². The lowest BCUT2D eigenvalue weighted by Gasteiger charge is -2.44. The molecule has 1 aromatic carbocycles. The first-order valence-corrected chi connectivity index (χ1v) is 13.7. The molecule has 0 radical (unpaired) electrons. The molecule has 1 aliphatic heterocycles. The van der Waals surface area contributed by atoms with Crippen LogP contribution in [0.1, 0.15) is 76.7 Å². The summed E-state index contributed by atoms with van der Waals surface area (Å²) in [4.78, 5) is 28.0. The molecule has 1 aliphatic carbocycles. The van der Waals surface area contributed by atoms with Gasteiger partial charge in [0.1, 0.15) is 22.7 Å². The van der Waals surface area contributed by atoms with Gasteiger partial charge in [-0.3, -0.25) is 9.59 Å². The number of hydrogen-bond acceptors (Lipinski definition) is 4. The molecule has 1 amide bonds. The van der Waals surface area contributed by atoms with Crippen LogP contribution in [-0.2, 0) is 11.3 Å². The molecular weight excluding hydrogens is 476 g/mol. The third-order valence-electron chi connectivity index (χ3n) is 7.89. The summed E-state index contributed by atoms with van der Waals surface area (Å²) in [5.41, 5.74) is 1.25. The molecule has 1 saturated carbocycles. The molecule has 4 rings (SSSR count). The molecule has 1 unspecified atom stereocenters. The number of allylic oxidation sites excluding steroid dienone is 4. The molecule has 0 bridgehead atoms. The number of Topliss-reactive ketones (excluding diaryl/α,β-unsaturated/α-hetero) is 1. The van der Waals surface area contributed by atoms with Crippen molar-refractivity contribution in [2.75, 3.05) is 20.8 Å². The van der Waals surface area contributed by atoms with Gasteiger partial charge >= 0.3 is 0 Å². The number of rotatable bonds is 7. The molecule has 1 atom stereocenters. The summed E-state index contributed by atoms with van der Waals surface area (Å²) in [6.07, 6.45) is 16.2. The van der Waals surface area contributed by atoms with Gasteiger partial charge in [-0.1, -0.05) is 81.9 Å². The lowest BCUT2D eigenvalue weighted by atomic mass is 9.91. The maximum absolute atomic E-state index is 13.6. The van der Waals surface area contributed by atoms with Crippen LogP contribution in [0, 0.1) is 5.92 Å². The molecule has 6 nitrogen and oxygen atoms in total. The Bertz CT molecular complexity index is 1210. The number of fused-ring (bicyclic) bond motifs is 3. The highest BCUT2D eigenvalue weighted by molar-refractivity contribution is 6.06. The second-order valence-electron chi connectivity index (χ2n) is 10.8. The molecule has 2 aromatic rings. The normalized spacial score (nSPS) is 20.5. The number of carbonyl (C=O) groups excluding carboxylic acids is 2. The number of ketones is 1. The molecule has 1 fully saturated rings. The third-order valence-corrected chi connectivity index (χ3v) is 7.89.